The second-order valence-electron chi connectivity index (χ2n) is 7.11. The van der Waals surface area contributed by atoms with E-state index in [0.717, 1.165) is 49.8 Å². The Hall–Kier alpha value is -3.45. The number of carbonyl (C=O) groups excluding carboxylic acids is 1. The summed E-state index contributed by atoms with van der Waals surface area (Å²) in [5.41, 5.74) is 4.48. The lowest BCUT2D eigenvalue weighted by Gasteiger charge is -2.28. The van der Waals surface area contributed by atoms with Crippen molar-refractivity contribution in [1.82, 2.24) is 10.2 Å². The van der Waals surface area contributed by atoms with Crippen LogP contribution in [0.2, 0.25) is 0 Å². The van der Waals surface area contributed by atoms with Crippen molar-refractivity contribution >= 4 is 28.8 Å². The van der Waals surface area contributed by atoms with Crippen LogP contribution < -0.4 is 15.5 Å². The van der Waals surface area contributed by atoms with E-state index in [-0.39, 0.29) is 5.91 Å². The Kier molecular flexibility index (Phi) is 6.20. The minimum absolute atomic E-state index is 0.123. The van der Waals surface area contributed by atoms with Crippen LogP contribution in [-0.4, -0.2) is 42.4 Å². The molecule has 1 aromatic heterocycles. The topological polar surface area (TPSA) is 79.4 Å². The number of aryl methyl sites for hydroxylation is 1. The number of hydrogen-bond donors (Lipinski definition) is 2. The van der Waals surface area contributed by atoms with Gasteiger partial charge in [-0.3, -0.25) is 4.79 Å². The molecule has 7 heteroatoms. The molecule has 0 bridgehead atoms. The molecule has 0 aliphatic carbocycles. The SMILES string of the molecule is CCc1ccc(C(=O)Nc2ccc(Nc3cc(N4CCOCC4)cnn3)cc2)cc1. The van der Waals surface area contributed by atoms with Gasteiger partial charge >= 0.3 is 0 Å². The van der Waals surface area contributed by atoms with Gasteiger partial charge in [0.1, 0.15) is 0 Å². The molecule has 0 spiro atoms. The van der Waals surface area contributed by atoms with Crippen LogP contribution in [0.3, 0.4) is 0 Å². The minimum atomic E-state index is -0.123. The first kappa shape index (κ1) is 19.8. The molecule has 1 aliphatic heterocycles. The Bertz CT molecular complexity index is 983. The second kappa shape index (κ2) is 9.37. The van der Waals surface area contributed by atoms with Crippen molar-refractivity contribution in [3.63, 3.8) is 0 Å². The molecule has 0 atom stereocenters. The first-order valence-electron chi connectivity index (χ1n) is 10.1. The summed E-state index contributed by atoms with van der Waals surface area (Å²) in [7, 11) is 0. The molecule has 0 saturated carbocycles. The molecule has 30 heavy (non-hydrogen) atoms. The van der Waals surface area contributed by atoms with Crippen molar-refractivity contribution in [1.29, 1.82) is 0 Å². The standard InChI is InChI=1S/C23H25N5O2/c1-2-17-3-5-18(6-4-17)23(29)26-20-9-7-19(8-10-20)25-22-15-21(16-24-27-22)28-11-13-30-14-12-28/h3-10,15-16H,2,11-14H2,1H3,(H,25,27)(H,26,29). The predicted molar refractivity (Wildman–Crippen MR) is 119 cm³/mol. The number of nitrogens with zero attached hydrogens (tertiary/aromatic N) is 3. The van der Waals surface area contributed by atoms with Gasteiger partial charge in [0.15, 0.2) is 5.82 Å². The summed E-state index contributed by atoms with van der Waals surface area (Å²) >= 11 is 0. The van der Waals surface area contributed by atoms with Gasteiger partial charge in [-0.1, -0.05) is 19.1 Å². The largest absolute Gasteiger partial charge is 0.378 e. The summed E-state index contributed by atoms with van der Waals surface area (Å²) in [5, 5.41) is 14.5. The predicted octanol–water partition coefficient (Wildman–Crippen LogP) is 3.87. The Balaban J connectivity index is 1.38. The van der Waals surface area contributed by atoms with Gasteiger partial charge in [0, 0.05) is 36.1 Å². The molecule has 154 valence electrons. The Morgan fingerprint density at radius 1 is 1.03 bits per heavy atom. The van der Waals surface area contributed by atoms with E-state index in [1.165, 1.54) is 5.56 Å². The summed E-state index contributed by atoms with van der Waals surface area (Å²) in [6.07, 6.45) is 2.72. The molecular formula is C23H25N5O2. The maximum Gasteiger partial charge on any atom is 0.255 e. The van der Waals surface area contributed by atoms with Crippen molar-refractivity contribution in [2.75, 3.05) is 41.8 Å². The van der Waals surface area contributed by atoms with E-state index in [2.05, 4.69) is 32.7 Å². The molecule has 3 aromatic rings. The number of hydrogen-bond acceptors (Lipinski definition) is 6. The van der Waals surface area contributed by atoms with Crippen LogP contribution in [0.25, 0.3) is 0 Å². The molecule has 1 amide bonds. The zero-order valence-corrected chi connectivity index (χ0v) is 17.0. The van der Waals surface area contributed by atoms with E-state index in [4.69, 9.17) is 4.74 Å². The molecule has 4 rings (SSSR count). The smallest absolute Gasteiger partial charge is 0.255 e. The molecule has 1 aliphatic rings. The van der Waals surface area contributed by atoms with E-state index >= 15 is 0 Å². The number of ether oxygens (including phenoxy) is 1. The van der Waals surface area contributed by atoms with Gasteiger partial charge in [0.05, 0.1) is 25.1 Å². The van der Waals surface area contributed by atoms with Crippen LogP contribution in [0.1, 0.15) is 22.8 Å². The van der Waals surface area contributed by atoms with E-state index in [9.17, 15) is 4.79 Å². The minimum Gasteiger partial charge on any atom is -0.378 e. The van der Waals surface area contributed by atoms with Crippen molar-refractivity contribution < 1.29 is 9.53 Å². The number of rotatable bonds is 6. The van der Waals surface area contributed by atoms with Gasteiger partial charge in [0.2, 0.25) is 0 Å². The fourth-order valence-corrected chi connectivity index (χ4v) is 3.29. The summed E-state index contributed by atoms with van der Waals surface area (Å²) < 4.78 is 5.40. The summed E-state index contributed by atoms with van der Waals surface area (Å²) in [4.78, 5) is 14.7. The van der Waals surface area contributed by atoms with Crippen molar-refractivity contribution in [2.45, 2.75) is 13.3 Å². The Morgan fingerprint density at radius 2 is 1.73 bits per heavy atom. The highest BCUT2D eigenvalue weighted by atomic mass is 16.5. The number of morpholine rings is 1. The lowest BCUT2D eigenvalue weighted by molar-refractivity contribution is 0.102. The Labute approximate surface area is 176 Å². The fourth-order valence-electron chi connectivity index (χ4n) is 3.29. The quantitative estimate of drug-likeness (QED) is 0.650. The number of carbonyl (C=O) groups is 1. The zero-order valence-electron chi connectivity index (χ0n) is 17.0. The summed E-state index contributed by atoms with van der Waals surface area (Å²) in [6.45, 7) is 5.23. The first-order valence-corrected chi connectivity index (χ1v) is 10.1. The molecule has 2 N–H and O–H groups in total. The van der Waals surface area contributed by atoms with Gasteiger partial charge < -0.3 is 20.3 Å². The highest BCUT2D eigenvalue weighted by Crippen LogP contribution is 2.22. The normalized spacial score (nSPS) is 13.7. The third-order valence-corrected chi connectivity index (χ3v) is 5.06. The van der Waals surface area contributed by atoms with Crippen LogP contribution >= 0.6 is 0 Å². The number of nitrogens with one attached hydrogen (secondary N) is 2. The van der Waals surface area contributed by atoms with Crippen LogP contribution in [0, 0.1) is 0 Å². The highest BCUT2D eigenvalue weighted by Gasteiger charge is 2.12. The molecule has 1 saturated heterocycles. The van der Waals surface area contributed by atoms with Gasteiger partial charge in [-0.25, -0.2) is 0 Å². The monoisotopic (exact) mass is 403 g/mol. The number of aromatic nitrogens is 2. The second-order valence-corrected chi connectivity index (χ2v) is 7.11. The maximum atomic E-state index is 12.4. The Morgan fingerprint density at radius 3 is 2.43 bits per heavy atom. The van der Waals surface area contributed by atoms with Crippen LogP contribution in [0.4, 0.5) is 22.9 Å². The molecule has 2 heterocycles. The number of benzene rings is 2. The van der Waals surface area contributed by atoms with Crippen molar-refractivity contribution in [2.24, 2.45) is 0 Å². The molecule has 1 fully saturated rings. The maximum absolute atomic E-state index is 12.4. The number of amides is 1. The van der Waals surface area contributed by atoms with Gasteiger partial charge in [-0.05, 0) is 48.4 Å². The van der Waals surface area contributed by atoms with E-state index in [1.54, 1.807) is 6.20 Å². The molecule has 0 unspecified atom stereocenters. The van der Waals surface area contributed by atoms with Gasteiger partial charge in [-0.15, -0.1) is 5.10 Å². The summed E-state index contributed by atoms with van der Waals surface area (Å²) in [6, 6.07) is 17.2. The molecule has 2 aromatic carbocycles. The van der Waals surface area contributed by atoms with Gasteiger partial charge in [-0.2, -0.15) is 5.10 Å². The van der Waals surface area contributed by atoms with E-state index in [1.807, 2.05) is 54.6 Å². The van der Waals surface area contributed by atoms with Crippen LogP contribution in [0.15, 0.2) is 60.8 Å². The van der Waals surface area contributed by atoms with Crippen molar-refractivity contribution in [3.05, 3.63) is 71.9 Å². The zero-order chi connectivity index (χ0) is 20.8. The van der Waals surface area contributed by atoms with E-state index < -0.39 is 0 Å². The molecular weight excluding hydrogens is 378 g/mol. The highest BCUT2D eigenvalue weighted by molar-refractivity contribution is 6.04. The lowest BCUT2D eigenvalue weighted by Crippen LogP contribution is -2.36. The molecule has 0 radical (unpaired) electrons. The van der Waals surface area contributed by atoms with Crippen molar-refractivity contribution in [3.8, 4) is 0 Å². The average Bonchev–Trinajstić information content (AvgIpc) is 2.81. The third-order valence-electron chi connectivity index (χ3n) is 5.06. The first-order chi connectivity index (χ1) is 14.7. The molecule has 7 nitrogen and oxygen atoms in total. The number of anilines is 4. The van der Waals surface area contributed by atoms with E-state index in [0.29, 0.717) is 11.4 Å². The van der Waals surface area contributed by atoms with Gasteiger partial charge in [0.25, 0.3) is 5.91 Å². The lowest BCUT2D eigenvalue weighted by atomic mass is 10.1. The third kappa shape index (κ3) is 4.93. The summed E-state index contributed by atoms with van der Waals surface area (Å²) in [5.74, 6) is 0.550. The fraction of sp³-hybridized carbons (Fsp3) is 0.261. The average molecular weight is 403 g/mol. The van der Waals surface area contributed by atoms with Crippen LogP contribution in [-0.2, 0) is 11.2 Å². The van der Waals surface area contributed by atoms with Crippen LogP contribution in [0.5, 0.6) is 0 Å².